The normalized spacial score (nSPS) is 12.5. The maximum Gasteiger partial charge on any atom is 0.0377 e. The van der Waals surface area contributed by atoms with Crippen molar-refractivity contribution in [2.45, 2.75) is 33.7 Å². The Morgan fingerprint density at radius 1 is 1.24 bits per heavy atom. The highest BCUT2D eigenvalue weighted by molar-refractivity contribution is 9.10. The molecular formula is C14H23BrN2. The molecule has 1 aromatic rings. The second-order valence-electron chi connectivity index (χ2n) is 4.16. The van der Waals surface area contributed by atoms with Crippen LogP contribution in [0.5, 0.6) is 0 Å². The topological polar surface area (TPSA) is 15.3 Å². The van der Waals surface area contributed by atoms with E-state index in [1.165, 1.54) is 15.7 Å². The van der Waals surface area contributed by atoms with Gasteiger partial charge in [-0.05, 0) is 45.0 Å². The monoisotopic (exact) mass is 298 g/mol. The van der Waals surface area contributed by atoms with Crippen molar-refractivity contribution in [1.82, 2.24) is 5.32 Å². The molecule has 2 nitrogen and oxygen atoms in total. The van der Waals surface area contributed by atoms with Crippen LogP contribution in [-0.2, 0) is 0 Å². The molecule has 0 spiro atoms. The van der Waals surface area contributed by atoms with Crippen LogP contribution >= 0.6 is 15.9 Å². The molecule has 1 atom stereocenters. The first-order chi connectivity index (χ1) is 8.13. The van der Waals surface area contributed by atoms with Gasteiger partial charge >= 0.3 is 0 Å². The minimum atomic E-state index is 0.389. The first-order valence-electron chi connectivity index (χ1n) is 6.41. The van der Waals surface area contributed by atoms with E-state index in [1.807, 2.05) is 0 Å². The summed E-state index contributed by atoms with van der Waals surface area (Å²) in [6.07, 6.45) is 0. The SMILES string of the molecule is CCNC(C)c1ccc(N(CC)CC)cc1Br. The number of benzene rings is 1. The van der Waals surface area contributed by atoms with Crippen molar-refractivity contribution in [2.75, 3.05) is 24.5 Å². The predicted molar refractivity (Wildman–Crippen MR) is 79.8 cm³/mol. The number of anilines is 1. The Balaban J connectivity index is 2.92. The number of hydrogen-bond donors (Lipinski definition) is 1. The highest BCUT2D eigenvalue weighted by atomic mass is 79.9. The Bertz CT molecular complexity index is 348. The lowest BCUT2D eigenvalue weighted by atomic mass is 10.1. The lowest BCUT2D eigenvalue weighted by molar-refractivity contribution is 0.596. The molecule has 0 saturated carbocycles. The van der Waals surface area contributed by atoms with Crippen LogP contribution in [-0.4, -0.2) is 19.6 Å². The molecule has 3 heteroatoms. The van der Waals surface area contributed by atoms with E-state index in [-0.39, 0.29) is 0 Å². The molecule has 0 aromatic heterocycles. The summed E-state index contributed by atoms with van der Waals surface area (Å²) >= 11 is 3.68. The zero-order valence-corrected chi connectivity index (χ0v) is 12.8. The second kappa shape index (κ2) is 7.02. The van der Waals surface area contributed by atoms with Crippen LogP contribution in [0.15, 0.2) is 22.7 Å². The van der Waals surface area contributed by atoms with Crippen molar-refractivity contribution < 1.29 is 0 Å². The fraction of sp³-hybridized carbons (Fsp3) is 0.571. The third kappa shape index (κ3) is 3.71. The lowest BCUT2D eigenvalue weighted by Gasteiger charge is -2.23. The number of hydrogen-bond acceptors (Lipinski definition) is 2. The summed E-state index contributed by atoms with van der Waals surface area (Å²) < 4.78 is 1.19. The van der Waals surface area contributed by atoms with Gasteiger partial charge in [-0.25, -0.2) is 0 Å². The molecule has 1 unspecified atom stereocenters. The fourth-order valence-corrected chi connectivity index (χ4v) is 2.78. The Morgan fingerprint density at radius 2 is 1.88 bits per heavy atom. The fourth-order valence-electron chi connectivity index (χ4n) is 2.07. The Labute approximate surface area is 114 Å². The Morgan fingerprint density at radius 3 is 2.35 bits per heavy atom. The molecule has 1 aromatic carbocycles. The van der Waals surface area contributed by atoms with Crippen molar-refractivity contribution in [1.29, 1.82) is 0 Å². The van der Waals surface area contributed by atoms with E-state index in [1.54, 1.807) is 0 Å². The van der Waals surface area contributed by atoms with E-state index in [2.05, 4.69) is 72.0 Å². The van der Waals surface area contributed by atoms with E-state index in [4.69, 9.17) is 0 Å². The Kier molecular flexibility index (Phi) is 6.00. The third-order valence-corrected chi connectivity index (χ3v) is 3.78. The largest absolute Gasteiger partial charge is 0.372 e. The average molecular weight is 299 g/mol. The summed E-state index contributed by atoms with van der Waals surface area (Å²) in [5.74, 6) is 0. The van der Waals surface area contributed by atoms with Gasteiger partial charge in [-0.15, -0.1) is 0 Å². The van der Waals surface area contributed by atoms with Gasteiger partial charge in [-0.3, -0.25) is 0 Å². The molecule has 0 radical (unpaired) electrons. The molecule has 0 amide bonds. The maximum atomic E-state index is 3.68. The zero-order valence-electron chi connectivity index (χ0n) is 11.3. The molecule has 1 rings (SSSR count). The molecule has 1 N–H and O–H groups in total. The molecule has 17 heavy (non-hydrogen) atoms. The smallest absolute Gasteiger partial charge is 0.0377 e. The number of rotatable bonds is 6. The molecular weight excluding hydrogens is 276 g/mol. The van der Waals surface area contributed by atoms with Gasteiger partial charge in [0, 0.05) is 29.3 Å². The summed E-state index contributed by atoms with van der Waals surface area (Å²) in [6.45, 7) is 11.8. The average Bonchev–Trinajstić information content (AvgIpc) is 2.31. The van der Waals surface area contributed by atoms with Gasteiger partial charge in [0.2, 0.25) is 0 Å². The zero-order chi connectivity index (χ0) is 12.8. The predicted octanol–water partition coefficient (Wildman–Crippen LogP) is 3.97. The van der Waals surface area contributed by atoms with Gasteiger partial charge in [0.15, 0.2) is 0 Å². The first kappa shape index (κ1) is 14.5. The molecule has 0 aliphatic rings. The van der Waals surface area contributed by atoms with Crippen LogP contribution in [0.1, 0.15) is 39.3 Å². The summed E-state index contributed by atoms with van der Waals surface area (Å²) in [7, 11) is 0. The molecule has 0 fully saturated rings. The molecule has 0 aliphatic carbocycles. The maximum absolute atomic E-state index is 3.68. The quantitative estimate of drug-likeness (QED) is 0.855. The third-order valence-electron chi connectivity index (χ3n) is 3.09. The lowest BCUT2D eigenvalue weighted by Crippen LogP contribution is -2.22. The van der Waals surface area contributed by atoms with Crippen LogP contribution in [0.4, 0.5) is 5.69 Å². The summed E-state index contributed by atoms with van der Waals surface area (Å²) in [5.41, 5.74) is 2.61. The first-order valence-corrected chi connectivity index (χ1v) is 7.21. The van der Waals surface area contributed by atoms with E-state index >= 15 is 0 Å². The van der Waals surface area contributed by atoms with E-state index in [0.717, 1.165) is 19.6 Å². The van der Waals surface area contributed by atoms with Crippen LogP contribution in [0.25, 0.3) is 0 Å². The van der Waals surface area contributed by atoms with Crippen molar-refractivity contribution in [3.8, 4) is 0 Å². The van der Waals surface area contributed by atoms with Gasteiger partial charge in [-0.1, -0.05) is 28.9 Å². The van der Waals surface area contributed by atoms with Crippen LogP contribution < -0.4 is 10.2 Å². The highest BCUT2D eigenvalue weighted by Gasteiger charge is 2.10. The van der Waals surface area contributed by atoms with E-state index in [0.29, 0.717) is 6.04 Å². The van der Waals surface area contributed by atoms with Gasteiger partial charge in [-0.2, -0.15) is 0 Å². The standard InChI is InChI=1S/C14H23BrN2/c1-5-16-11(4)13-9-8-12(10-14(13)15)17(6-2)7-3/h8-11,16H,5-7H2,1-4H3. The number of nitrogens with one attached hydrogen (secondary N) is 1. The Hall–Kier alpha value is -0.540. The minimum Gasteiger partial charge on any atom is -0.372 e. The van der Waals surface area contributed by atoms with Gasteiger partial charge < -0.3 is 10.2 Å². The molecule has 0 heterocycles. The highest BCUT2D eigenvalue weighted by Crippen LogP contribution is 2.28. The van der Waals surface area contributed by atoms with Crippen molar-refractivity contribution in [3.63, 3.8) is 0 Å². The van der Waals surface area contributed by atoms with Gasteiger partial charge in [0.25, 0.3) is 0 Å². The molecule has 0 aliphatic heterocycles. The minimum absolute atomic E-state index is 0.389. The van der Waals surface area contributed by atoms with Crippen LogP contribution in [0.2, 0.25) is 0 Å². The van der Waals surface area contributed by atoms with Gasteiger partial charge in [0.05, 0.1) is 0 Å². The van der Waals surface area contributed by atoms with Crippen LogP contribution in [0.3, 0.4) is 0 Å². The molecule has 96 valence electrons. The van der Waals surface area contributed by atoms with Crippen molar-refractivity contribution in [3.05, 3.63) is 28.2 Å². The van der Waals surface area contributed by atoms with E-state index < -0.39 is 0 Å². The summed E-state index contributed by atoms with van der Waals surface area (Å²) in [4.78, 5) is 2.35. The van der Waals surface area contributed by atoms with Crippen molar-refractivity contribution in [2.24, 2.45) is 0 Å². The van der Waals surface area contributed by atoms with Gasteiger partial charge in [0.1, 0.15) is 0 Å². The number of halogens is 1. The number of nitrogens with zero attached hydrogens (tertiary/aromatic N) is 1. The van der Waals surface area contributed by atoms with E-state index in [9.17, 15) is 0 Å². The molecule has 0 saturated heterocycles. The van der Waals surface area contributed by atoms with Crippen LogP contribution in [0, 0.1) is 0 Å². The summed E-state index contributed by atoms with van der Waals surface area (Å²) in [6, 6.07) is 7.03. The van der Waals surface area contributed by atoms with Crippen molar-refractivity contribution >= 4 is 21.6 Å². The summed E-state index contributed by atoms with van der Waals surface area (Å²) in [5, 5.41) is 3.44. The molecule has 0 bridgehead atoms. The second-order valence-corrected chi connectivity index (χ2v) is 5.01.